The van der Waals surface area contributed by atoms with E-state index in [2.05, 4.69) is 39.0 Å². The van der Waals surface area contributed by atoms with Gasteiger partial charge in [0.25, 0.3) is 5.91 Å². The highest BCUT2D eigenvalue weighted by molar-refractivity contribution is 7.91. The third kappa shape index (κ3) is 9.62. The summed E-state index contributed by atoms with van der Waals surface area (Å²) >= 11 is 0. The van der Waals surface area contributed by atoms with Crippen molar-refractivity contribution in [1.29, 1.82) is 0 Å². The first kappa shape index (κ1) is 45.5. The molecule has 3 N–H and O–H groups in total. The number of ether oxygens (including phenoxy) is 3. The number of allylic oxidation sites excluding steroid dienone is 2. The van der Waals surface area contributed by atoms with E-state index in [1.165, 1.54) is 17.7 Å². The minimum atomic E-state index is -4.01. The zero-order valence-electron chi connectivity index (χ0n) is 37.8. The molecule has 2 bridgehead atoms. The fourth-order valence-corrected chi connectivity index (χ4v) is 12.3. The number of alkyl carbamates (subject to hydrolysis) is 1. The number of benzene rings is 1. The summed E-state index contributed by atoms with van der Waals surface area (Å²) < 4.78 is 47.4. The molecule has 4 amide bonds. The number of para-hydroxylation sites is 1. The van der Waals surface area contributed by atoms with Gasteiger partial charge in [-0.05, 0) is 134 Å². The highest BCUT2D eigenvalue weighted by Crippen LogP contribution is 2.47. The van der Waals surface area contributed by atoms with Crippen LogP contribution in [0.2, 0.25) is 0 Å². The van der Waals surface area contributed by atoms with Crippen molar-refractivity contribution in [2.24, 2.45) is 17.8 Å². The minimum absolute atomic E-state index is 0.00576. The zero-order chi connectivity index (χ0) is 45.3. The molecule has 352 valence electrons. The second-order valence-corrected chi connectivity index (χ2v) is 22.1. The number of hydrogen-bond acceptors (Lipinski definition) is 11. The smallest absolute Gasteiger partial charge is 0.408 e. The molecular weight excluding hydrogens is 849 g/mol. The average Bonchev–Trinajstić information content (AvgIpc) is 3.73. The molecule has 9 rings (SSSR count). The summed E-state index contributed by atoms with van der Waals surface area (Å²) in [5.41, 5.74) is -0.0998. The van der Waals surface area contributed by atoms with Crippen molar-refractivity contribution in [1.82, 2.24) is 30.1 Å². The van der Waals surface area contributed by atoms with E-state index in [0.717, 1.165) is 94.8 Å². The Balaban J connectivity index is 1.06. The molecule has 4 saturated carbocycles. The largest absolute Gasteiger partial charge is 0.492 e. The van der Waals surface area contributed by atoms with Crippen LogP contribution in [0.5, 0.6) is 11.6 Å². The Morgan fingerprint density at radius 1 is 1.00 bits per heavy atom. The second-order valence-electron chi connectivity index (χ2n) is 19.9. The van der Waals surface area contributed by atoms with E-state index in [-0.39, 0.29) is 37.3 Å². The van der Waals surface area contributed by atoms with Gasteiger partial charge in [0.05, 0.1) is 29.0 Å². The van der Waals surface area contributed by atoms with E-state index in [1.54, 1.807) is 13.0 Å². The maximum atomic E-state index is 15.1. The molecule has 2 aromatic rings. The molecule has 7 aliphatic rings. The van der Waals surface area contributed by atoms with E-state index in [0.29, 0.717) is 43.0 Å². The average molecular weight is 915 g/mol. The van der Waals surface area contributed by atoms with Crippen LogP contribution in [0.15, 0.2) is 49.1 Å². The van der Waals surface area contributed by atoms with Crippen LogP contribution in [-0.4, -0.2) is 114 Å². The van der Waals surface area contributed by atoms with Crippen LogP contribution in [0.1, 0.15) is 115 Å². The minimum Gasteiger partial charge on any atom is -0.492 e. The van der Waals surface area contributed by atoms with Crippen LogP contribution in [0.25, 0.3) is 10.9 Å². The number of rotatable bonds is 12. The number of amides is 4. The third-order valence-electron chi connectivity index (χ3n) is 15.4. The first-order valence-electron chi connectivity index (χ1n) is 24.3. The lowest BCUT2D eigenvalue weighted by atomic mass is 9.96. The van der Waals surface area contributed by atoms with Gasteiger partial charge in [0.15, 0.2) is 0 Å². The number of sulfonamides is 1. The van der Waals surface area contributed by atoms with Crippen molar-refractivity contribution in [3.05, 3.63) is 54.6 Å². The normalized spacial score (nSPS) is 31.1. The van der Waals surface area contributed by atoms with Crippen LogP contribution in [-0.2, 0) is 35.6 Å². The SMILES string of the molecule is C=C[C@@H]1C[C@]1(NC(=O)[C@@H]1C[C@@H]2CN1C(=O)[C@H](C1CCCC1)NC(=O)O[C@@H]1CCC[C@H]1CC/C=C/Cc1c(nc3ccccc3c1OCCCN1CCCC1)O2)C(=O)NS(=O)(=O)C1(C)CC1. The number of nitrogens with zero attached hydrogens (tertiary/aromatic N) is 3. The maximum Gasteiger partial charge on any atom is 0.408 e. The Hall–Kier alpha value is -4.70. The number of fused-ring (bicyclic) bond motifs is 5. The van der Waals surface area contributed by atoms with Gasteiger partial charge in [0, 0.05) is 24.3 Å². The molecule has 16 heteroatoms. The number of nitrogens with one attached hydrogen (secondary N) is 3. The van der Waals surface area contributed by atoms with E-state index in [1.807, 2.05) is 24.3 Å². The van der Waals surface area contributed by atoms with Crippen LogP contribution >= 0.6 is 0 Å². The van der Waals surface area contributed by atoms with Crippen LogP contribution in [0.4, 0.5) is 4.79 Å². The number of pyridine rings is 1. The highest BCUT2D eigenvalue weighted by Gasteiger charge is 2.63. The van der Waals surface area contributed by atoms with Gasteiger partial charge in [-0.25, -0.2) is 18.2 Å². The first-order valence-corrected chi connectivity index (χ1v) is 25.7. The Morgan fingerprint density at radius 3 is 2.52 bits per heavy atom. The summed E-state index contributed by atoms with van der Waals surface area (Å²) in [5, 5.41) is 6.76. The van der Waals surface area contributed by atoms with Crippen LogP contribution in [0, 0.1) is 17.8 Å². The summed E-state index contributed by atoms with van der Waals surface area (Å²) in [6, 6.07) is 5.74. The molecule has 2 saturated heterocycles. The van der Waals surface area contributed by atoms with Gasteiger partial charge < -0.3 is 34.6 Å². The fourth-order valence-electron chi connectivity index (χ4n) is 11.0. The fraction of sp³-hybridized carbons (Fsp3) is 0.653. The molecule has 3 aliphatic heterocycles. The lowest BCUT2D eigenvalue weighted by molar-refractivity contribution is -0.142. The van der Waals surface area contributed by atoms with E-state index < -0.39 is 68.2 Å². The van der Waals surface area contributed by atoms with Gasteiger partial charge in [-0.15, -0.1) is 6.58 Å². The molecule has 6 fully saturated rings. The van der Waals surface area contributed by atoms with Crippen molar-refractivity contribution >= 4 is 44.7 Å². The molecule has 4 aliphatic carbocycles. The quantitative estimate of drug-likeness (QED) is 0.171. The standard InChI is InChI=1S/C49H66N6O9S/c1-3-34-30-49(34,46(58)53-65(60,61)48(2)23-24-48)52-43(56)39-29-35-31-55(39)45(57)41(33-16-7-8-17-33)51-47(59)64-40-22-13-18-32(40)15-5-4-6-20-37-42(62-28-14-27-54-25-11-12-26-54)36-19-9-10-21-38(36)50-44(37)63-35/h3-4,6,9-10,19,21,32-35,39-41H,1,5,7-8,11-18,20,22-31H2,2H3,(H,51,59)(H,52,56)(H,53,58)/b6-4+/t32-,34-,35-,39+,40-,41+,49-/m1/s1. The van der Waals surface area contributed by atoms with Crippen molar-refractivity contribution in [3.63, 3.8) is 0 Å². The van der Waals surface area contributed by atoms with Gasteiger partial charge in [-0.1, -0.05) is 43.2 Å². The lowest BCUT2D eigenvalue weighted by Crippen LogP contribution is -2.59. The Morgan fingerprint density at radius 2 is 1.77 bits per heavy atom. The number of carbonyl (C=O) groups excluding carboxylic acids is 4. The molecule has 1 aromatic heterocycles. The molecule has 4 heterocycles. The van der Waals surface area contributed by atoms with E-state index in [4.69, 9.17) is 19.2 Å². The van der Waals surface area contributed by atoms with Gasteiger partial charge >= 0.3 is 6.09 Å². The highest BCUT2D eigenvalue weighted by atomic mass is 32.2. The maximum absolute atomic E-state index is 15.1. The summed E-state index contributed by atoms with van der Waals surface area (Å²) in [7, 11) is -4.01. The molecule has 15 nitrogen and oxygen atoms in total. The van der Waals surface area contributed by atoms with E-state index >= 15 is 4.79 Å². The first-order chi connectivity index (χ1) is 31.4. The predicted octanol–water partition coefficient (Wildman–Crippen LogP) is 5.85. The predicted molar refractivity (Wildman–Crippen MR) is 245 cm³/mol. The van der Waals surface area contributed by atoms with Gasteiger partial charge in [-0.3, -0.25) is 19.1 Å². The third-order valence-corrected chi connectivity index (χ3v) is 17.6. The molecule has 65 heavy (non-hydrogen) atoms. The van der Waals surface area contributed by atoms with Crippen molar-refractivity contribution in [3.8, 4) is 11.6 Å². The molecular formula is C49H66N6O9S. The Labute approximate surface area is 382 Å². The Bertz CT molecular complexity index is 2290. The number of hydrogen-bond donors (Lipinski definition) is 3. The molecule has 1 aromatic carbocycles. The molecule has 7 atom stereocenters. The van der Waals surface area contributed by atoms with Crippen molar-refractivity contribution < 1.29 is 41.8 Å². The molecule has 0 unspecified atom stereocenters. The second kappa shape index (κ2) is 18.9. The number of likely N-dealkylation sites (tertiary alicyclic amines) is 1. The van der Waals surface area contributed by atoms with Crippen molar-refractivity contribution in [2.75, 3.05) is 32.8 Å². The lowest BCUT2D eigenvalue weighted by Gasteiger charge is -2.32. The van der Waals surface area contributed by atoms with E-state index in [9.17, 15) is 22.8 Å². The van der Waals surface area contributed by atoms with Gasteiger partial charge in [-0.2, -0.15) is 0 Å². The number of carbonyl (C=O) groups is 4. The van der Waals surface area contributed by atoms with Crippen LogP contribution < -0.4 is 24.8 Å². The zero-order valence-corrected chi connectivity index (χ0v) is 38.6. The topological polar surface area (TPSA) is 186 Å². The Kier molecular flexibility index (Phi) is 13.2. The van der Waals surface area contributed by atoms with Gasteiger partial charge in [0.2, 0.25) is 27.7 Å². The monoisotopic (exact) mass is 914 g/mol. The summed E-state index contributed by atoms with van der Waals surface area (Å²) in [6.07, 6.45) is 16.6. The van der Waals surface area contributed by atoms with Crippen LogP contribution in [0.3, 0.4) is 0 Å². The van der Waals surface area contributed by atoms with Gasteiger partial charge in [0.1, 0.15) is 35.6 Å². The number of aromatic nitrogens is 1. The molecule has 0 radical (unpaired) electrons. The molecule has 0 spiro atoms. The summed E-state index contributed by atoms with van der Waals surface area (Å²) in [6.45, 7) is 9.13. The van der Waals surface area contributed by atoms with Crippen molar-refractivity contribution in [2.45, 2.75) is 151 Å². The summed E-state index contributed by atoms with van der Waals surface area (Å²) in [4.78, 5) is 66.6. The summed E-state index contributed by atoms with van der Waals surface area (Å²) in [5.74, 6) is -1.34.